The Labute approximate surface area is 228 Å². The first-order valence-corrected chi connectivity index (χ1v) is 13.9. The van der Waals surface area contributed by atoms with Crippen LogP contribution in [0.3, 0.4) is 0 Å². The van der Waals surface area contributed by atoms with Crippen LogP contribution in [0.5, 0.6) is 0 Å². The van der Waals surface area contributed by atoms with E-state index in [2.05, 4.69) is 23.8 Å². The maximum absolute atomic E-state index is 13.2. The number of aliphatic hydroxyl groups is 1. The summed E-state index contributed by atoms with van der Waals surface area (Å²) in [6, 6.07) is 9.45. The number of benzene rings is 1. The molecule has 2 amide bonds. The first-order chi connectivity index (χ1) is 18.2. The highest BCUT2D eigenvalue weighted by atomic mass is 16.5. The molecule has 38 heavy (non-hydrogen) atoms. The van der Waals surface area contributed by atoms with Crippen LogP contribution in [0.25, 0.3) is 0 Å². The second kappa shape index (κ2) is 16.1. The molecule has 3 N–H and O–H groups in total. The third-order valence-corrected chi connectivity index (χ3v) is 7.44. The minimum atomic E-state index is -0.597. The zero-order valence-electron chi connectivity index (χ0n) is 23.1. The Kier molecular flexibility index (Phi) is 13.3. The molecule has 1 aliphatic carbocycles. The Morgan fingerprint density at radius 3 is 2.34 bits per heavy atom. The van der Waals surface area contributed by atoms with Crippen LogP contribution >= 0.6 is 0 Å². The van der Waals surface area contributed by atoms with Gasteiger partial charge in [0, 0.05) is 6.42 Å². The highest BCUT2D eigenvalue weighted by Gasteiger charge is 2.35. The lowest BCUT2D eigenvalue weighted by atomic mass is 9.94. The second-order valence-corrected chi connectivity index (χ2v) is 10.9. The number of allylic oxidation sites excluding steroid dienone is 2. The van der Waals surface area contributed by atoms with Crippen molar-refractivity contribution >= 4 is 17.8 Å². The van der Waals surface area contributed by atoms with E-state index >= 15 is 0 Å². The maximum atomic E-state index is 13.2. The minimum Gasteiger partial charge on any atom is -0.463 e. The molecule has 0 aliphatic heterocycles. The van der Waals surface area contributed by atoms with Gasteiger partial charge in [-0.05, 0) is 50.0 Å². The van der Waals surface area contributed by atoms with Crippen LogP contribution in [-0.2, 0) is 25.5 Å². The number of amides is 2. The Balaban J connectivity index is 1.98. The van der Waals surface area contributed by atoms with Gasteiger partial charge >= 0.3 is 5.97 Å². The van der Waals surface area contributed by atoms with Gasteiger partial charge in [-0.15, -0.1) is 13.2 Å². The normalized spacial score (nSPS) is 16.7. The molecule has 1 aromatic carbocycles. The zero-order valence-corrected chi connectivity index (χ0v) is 23.1. The monoisotopic (exact) mass is 526 g/mol. The number of nitrogens with one attached hydrogen (secondary N) is 2. The largest absolute Gasteiger partial charge is 0.463 e. The van der Waals surface area contributed by atoms with Gasteiger partial charge in [0.25, 0.3) is 0 Å². The van der Waals surface area contributed by atoms with E-state index in [-0.39, 0.29) is 49.3 Å². The van der Waals surface area contributed by atoms with Gasteiger partial charge in [0.05, 0.1) is 30.0 Å². The predicted octanol–water partition coefficient (Wildman–Crippen LogP) is 4.50. The summed E-state index contributed by atoms with van der Waals surface area (Å²) in [5.74, 6) is -1.69. The molecule has 3 atom stereocenters. The SMILES string of the molecule is C=CCC[C@H](Cc1ccccc1)C(=O)OC[C@@H](NC(=O)[C@H](CC=C)CC(=O)NC1(CO)CCCC1)C(C)C. The van der Waals surface area contributed by atoms with Crippen molar-refractivity contribution in [2.75, 3.05) is 13.2 Å². The summed E-state index contributed by atoms with van der Waals surface area (Å²) in [5, 5.41) is 15.8. The molecule has 0 saturated heterocycles. The highest BCUT2D eigenvalue weighted by Crippen LogP contribution is 2.29. The summed E-state index contributed by atoms with van der Waals surface area (Å²) in [6.07, 6.45) is 9.12. The minimum absolute atomic E-state index is 0.00487. The molecule has 7 heteroatoms. The van der Waals surface area contributed by atoms with Crippen LogP contribution in [0.2, 0.25) is 0 Å². The molecular weight excluding hydrogens is 480 g/mol. The van der Waals surface area contributed by atoms with Gasteiger partial charge in [-0.3, -0.25) is 14.4 Å². The lowest BCUT2D eigenvalue weighted by Gasteiger charge is -2.29. The Morgan fingerprint density at radius 1 is 1.08 bits per heavy atom. The van der Waals surface area contributed by atoms with E-state index in [0.717, 1.165) is 31.2 Å². The summed E-state index contributed by atoms with van der Waals surface area (Å²) < 4.78 is 5.72. The number of rotatable bonds is 17. The van der Waals surface area contributed by atoms with Crippen LogP contribution in [0, 0.1) is 17.8 Å². The van der Waals surface area contributed by atoms with Crippen LogP contribution in [-0.4, -0.2) is 47.7 Å². The Morgan fingerprint density at radius 2 is 1.76 bits per heavy atom. The average Bonchev–Trinajstić information content (AvgIpc) is 3.37. The fourth-order valence-electron chi connectivity index (χ4n) is 4.94. The Bertz CT molecular complexity index is 908. The molecule has 1 fully saturated rings. The molecule has 1 saturated carbocycles. The zero-order chi connectivity index (χ0) is 28.0. The first-order valence-electron chi connectivity index (χ1n) is 13.9. The number of hydrogen-bond acceptors (Lipinski definition) is 5. The molecule has 7 nitrogen and oxygen atoms in total. The lowest BCUT2D eigenvalue weighted by molar-refractivity contribution is -0.150. The van der Waals surface area contributed by atoms with Crippen LogP contribution < -0.4 is 10.6 Å². The quantitative estimate of drug-likeness (QED) is 0.205. The Hall–Kier alpha value is -2.93. The standard InChI is InChI=1S/C31H46N2O5/c1-5-7-16-26(19-24-14-9-8-10-15-24)30(37)38-21-27(23(3)4)32-29(36)25(13-6-2)20-28(35)33-31(22-34)17-11-12-18-31/h5-6,8-10,14-15,23,25-27,34H,1-2,7,11-13,16-22H2,3-4H3,(H,32,36)(H,33,35)/t25-,26-,27-/m1/s1. The fraction of sp³-hybridized carbons (Fsp3) is 0.581. The van der Waals surface area contributed by atoms with Gasteiger partial charge in [0.15, 0.2) is 0 Å². The van der Waals surface area contributed by atoms with E-state index in [4.69, 9.17) is 4.74 Å². The van der Waals surface area contributed by atoms with E-state index in [1.165, 1.54) is 0 Å². The van der Waals surface area contributed by atoms with Crippen molar-refractivity contribution in [1.29, 1.82) is 0 Å². The van der Waals surface area contributed by atoms with E-state index < -0.39 is 17.5 Å². The van der Waals surface area contributed by atoms with Gasteiger partial charge in [-0.2, -0.15) is 0 Å². The summed E-state index contributed by atoms with van der Waals surface area (Å²) in [7, 11) is 0. The van der Waals surface area contributed by atoms with Crippen molar-refractivity contribution in [1.82, 2.24) is 10.6 Å². The first kappa shape index (κ1) is 31.3. The van der Waals surface area contributed by atoms with Crippen molar-refractivity contribution in [2.45, 2.75) is 83.2 Å². The molecule has 210 valence electrons. The molecule has 0 radical (unpaired) electrons. The van der Waals surface area contributed by atoms with Crippen LogP contribution in [0.15, 0.2) is 55.6 Å². The van der Waals surface area contributed by atoms with Crippen molar-refractivity contribution in [2.24, 2.45) is 17.8 Å². The van der Waals surface area contributed by atoms with Crippen molar-refractivity contribution in [3.05, 3.63) is 61.2 Å². The number of esters is 1. The van der Waals surface area contributed by atoms with Gasteiger partial charge in [0.1, 0.15) is 6.61 Å². The summed E-state index contributed by atoms with van der Waals surface area (Å²) in [6.45, 7) is 11.4. The van der Waals surface area contributed by atoms with Crippen LogP contribution in [0.1, 0.15) is 70.8 Å². The van der Waals surface area contributed by atoms with E-state index in [0.29, 0.717) is 25.7 Å². The summed E-state index contributed by atoms with van der Waals surface area (Å²) in [4.78, 5) is 39.0. The van der Waals surface area contributed by atoms with Crippen molar-refractivity contribution < 1.29 is 24.2 Å². The average molecular weight is 527 g/mol. The van der Waals surface area contributed by atoms with Gasteiger partial charge in [0.2, 0.25) is 11.8 Å². The van der Waals surface area contributed by atoms with Gasteiger partial charge < -0.3 is 20.5 Å². The number of carbonyl (C=O) groups excluding carboxylic acids is 3. The molecular formula is C31H46N2O5. The maximum Gasteiger partial charge on any atom is 0.309 e. The molecule has 0 aromatic heterocycles. The number of carbonyl (C=O) groups is 3. The molecule has 2 rings (SSSR count). The van der Waals surface area contributed by atoms with E-state index in [1.807, 2.05) is 44.2 Å². The van der Waals surface area contributed by atoms with E-state index in [9.17, 15) is 19.5 Å². The lowest BCUT2D eigenvalue weighted by Crippen LogP contribution is -2.51. The highest BCUT2D eigenvalue weighted by molar-refractivity contribution is 5.86. The van der Waals surface area contributed by atoms with Gasteiger partial charge in [-0.1, -0.05) is 69.2 Å². The number of hydrogen-bond donors (Lipinski definition) is 3. The van der Waals surface area contributed by atoms with Gasteiger partial charge in [-0.25, -0.2) is 0 Å². The third kappa shape index (κ3) is 10.1. The van der Waals surface area contributed by atoms with E-state index in [1.54, 1.807) is 12.2 Å². The molecule has 0 bridgehead atoms. The molecule has 0 unspecified atom stereocenters. The fourth-order valence-corrected chi connectivity index (χ4v) is 4.94. The van der Waals surface area contributed by atoms with Crippen LogP contribution in [0.4, 0.5) is 0 Å². The van der Waals surface area contributed by atoms with Crippen molar-refractivity contribution in [3.8, 4) is 0 Å². The van der Waals surface area contributed by atoms with Crippen molar-refractivity contribution in [3.63, 3.8) is 0 Å². The predicted molar refractivity (Wildman–Crippen MR) is 150 cm³/mol. The molecule has 1 aromatic rings. The number of ether oxygens (including phenoxy) is 1. The summed E-state index contributed by atoms with van der Waals surface area (Å²) in [5.41, 5.74) is 0.487. The smallest absolute Gasteiger partial charge is 0.309 e. The second-order valence-electron chi connectivity index (χ2n) is 10.9. The molecule has 0 spiro atoms. The topological polar surface area (TPSA) is 105 Å². The molecule has 0 heterocycles. The molecule has 1 aliphatic rings. The third-order valence-electron chi connectivity index (χ3n) is 7.44. The summed E-state index contributed by atoms with van der Waals surface area (Å²) >= 11 is 0. The number of aliphatic hydroxyl groups excluding tert-OH is 1.